The molecule has 0 aromatic heterocycles. The second-order valence-corrected chi connectivity index (χ2v) is 4.22. The Kier molecular flexibility index (Phi) is 38.9. The summed E-state index contributed by atoms with van der Waals surface area (Å²) in [6.45, 7) is 0. The van der Waals surface area contributed by atoms with Crippen molar-refractivity contribution >= 4 is 25.8 Å². The first-order chi connectivity index (χ1) is 25.3. The lowest BCUT2D eigenvalue weighted by atomic mass is 12.3. The van der Waals surface area contributed by atoms with Gasteiger partial charge >= 0.3 is 0 Å². The van der Waals surface area contributed by atoms with Crippen molar-refractivity contribution in [3.05, 3.63) is 0 Å². The summed E-state index contributed by atoms with van der Waals surface area (Å²) in [6, 6.07) is 0. The van der Waals surface area contributed by atoms with Gasteiger partial charge in [-0.15, -0.1) is 8.67 Å². The van der Waals surface area contributed by atoms with E-state index in [0.717, 1.165) is 0 Å². The third kappa shape index (κ3) is 41.1. The Hall–Kier alpha value is -4.94. The molecule has 51 heteroatoms. The summed E-state index contributed by atoms with van der Waals surface area (Å²) in [5.74, 6) is 0. The molecule has 286 valence electrons. The topological polar surface area (TPSA) is 527 Å². The Morgan fingerprint density at radius 3 is 0.745 bits per heavy atom. The van der Waals surface area contributed by atoms with Gasteiger partial charge in [0.25, 0.3) is 0 Å². The minimum absolute atomic E-state index is 0.345. The summed E-state index contributed by atoms with van der Waals surface area (Å²) in [5.41, 5.74) is 6.25. The van der Waals surface area contributed by atoms with Crippen molar-refractivity contribution in [3.8, 4) is 0 Å². The van der Waals surface area contributed by atoms with E-state index in [1.807, 2.05) is 0 Å². The van der Waals surface area contributed by atoms with Gasteiger partial charge in [0.05, 0.1) is 5.34 Å². The van der Waals surface area contributed by atoms with Crippen LogP contribution in [0.15, 0.2) is 110 Å². The van der Waals surface area contributed by atoms with Gasteiger partial charge in [-0.05, 0) is 163 Å². The van der Waals surface area contributed by atoms with E-state index in [-0.39, 0.29) is 5.34 Å². The summed E-state index contributed by atoms with van der Waals surface area (Å²) in [4.78, 5) is 8.10. The molecule has 49 nitrogen and oxygen atoms in total. The fourth-order valence-electron chi connectivity index (χ4n) is 0.723. The molecule has 0 heterocycles. The molecule has 0 aromatic carbocycles. The number of hydrogen-bond acceptors (Lipinski definition) is 30. The van der Waals surface area contributed by atoms with Crippen molar-refractivity contribution in [1.82, 2.24) is 5.34 Å². The highest BCUT2D eigenvalue weighted by Gasteiger charge is 2.10. The molecule has 0 radical (unpaired) electrons. The van der Waals surface area contributed by atoms with E-state index >= 15 is 0 Å². The largest absolute Gasteiger partial charge is 0.183 e. The Bertz CT molecular complexity index is 1030. The highest BCUT2D eigenvalue weighted by molar-refractivity contribution is 7.75. The quantitative estimate of drug-likeness (QED) is 0.0203. The van der Waals surface area contributed by atoms with Crippen LogP contribution in [0.5, 0.6) is 0 Å². The molecular weight excluding hydrogens is 802 g/mol. The first kappa shape index (κ1) is 46.1. The fourth-order valence-corrected chi connectivity index (χ4v) is 0.772. The van der Waals surface area contributed by atoms with Crippen molar-refractivity contribution in [2.75, 3.05) is 0 Å². The molecule has 0 aromatic rings. The minimum Gasteiger partial charge on any atom is -0.183 e. The Morgan fingerprint density at radius 2 is 0.490 bits per heavy atom. The van der Waals surface area contributed by atoms with Crippen LogP contribution in [0, 0.1) is 5.53 Å². The number of nitrogens with zero attached hydrogens (tertiary/aromatic N) is 22. The van der Waals surface area contributed by atoms with Crippen molar-refractivity contribution in [1.29, 1.82) is 5.53 Å². The van der Waals surface area contributed by atoms with Crippen LogP contribution in [0.1, 0.15) is 0 Å². The lowest BCUT2D eigenvalue weighted by Gasteiger charge is -2.07. The van der Waals surface area contributed by atoms with Crippen molar-refractivity contribution < 1.29 is 129 Å². The molecule has 0 aliphatic rings. The number of nitrogens with one attached hydrogen (secondary N) is 1. The summed E-state index contributed by atoms with van der Waals surface area (Å²) < 4.78 is 7.19. The number of hydrogen-bond donors (Lipinski definition) is 3. The summed E-state index contributed by atoms with van der Waals surface area (Å²) in [5, 5.41) is 140. The summed E-state index contributed by atoms with van der Waals surface area (Å²) >= 11 is 6.13. The Morgan fingerprint density at radius 1 is 0.275 bits per heavy atom. The zero-order valence-electron chi connectivity index (χ0n) is 21.8. The Labute approximate surface area is 276 Å². The summed E-state index contributed by atoms with van der Waals surface area (Å²) in [6.07, 6.45) is 0. The van der Waals surface area contributed by atoms with E-state index in [1.54, 1.807) is 0 Å². The van der Waals surface area contributed by atoms with Crippen LogP contribution in [0.4, 0.5) is 0 Å². The predicted octanol–water partition coefficient (Wildman–Crippen LogP) is 2.82. The van der Waals surface area contributed by atoms with Crippen molar-refractivity contribution in [2.45, 2.75) is 0 Å². The van der Waals surface area contributed by atoms with Gasteiger partial charge in [0.2, 0.25) is 0 Å². The molecule has 0 aliphatic heterocycles. The lowest BCUT2D eigenvalue weighted by Crippen LogP contribution is -2.19. The van der Waals surface area contributed by atoms with Crippen molar-refractivity contribution in [2.24, 2.45) is 110 Å². The van der Waals surface area contributed by atoms with Gasteiger partial charge in [-0.3, -0.25) is 0 Å². The highest BCUT2D eigenvalue weighted by Crippen LogP contribution is 2.02. The molecule has 0 atom stereocenters. The first-order valence-electron chi connectivity index (χ1n) is 9.15. The average Bonchev–Trinajstić information content (AvgIpc) is 3.14. The molecule has 0 unspecified atom stereocenters. The predicted molar refractivity (Wildman–Crippen MR) is 102 cm³/mol. The third-order valence-corrected chi connectivity index (χ3v) is 1.80. The lowest BCUT2D eigenvalue weighted by molar-refractivity contribution is -0.884. The normalized spacial score (nSPS) is 13.1. The van der Waals surface area contributed by atoms with E-state index in [1.165, 1.54) is 0 Å². The molecule has 0 aliphatic carbocycles. The molecule has 51 heavy (non-hydrogen) atoms. The molecule has 0 amide bonds. The van der Waals surface area contributed by atoms with Crippen LogP contribution in [-0.2, 0) is 129 Å². The zero-order chi connectivity index (χ0) is 36.8. The molecule has 0 bridgehead atoms. The molecule has 0 spiro atoms. The molecule has 0 rings (SSSR count). The van der Waals surface area contributed by atoms with E-state index in [4.69, 9.17) is 5.53 Å². The van der Waals surface area contributed by atoms with Gasteiger partial charge in [-0.1, -0.05) is 0 Å². The third-order valence-electron chi connectivity index (χ3n) is 1.68. The highest BCUT2D eigenvalue weighted by atomic mass is 32.1. The van der Waals surface area contributed by atoms with Crippen LogP contribution in [0.2, 0.25) is 0 Å². The van der Waals surface area contributed by atoms with Gasteiger partial charge in [-0.2, -0.15) is 5.53 Å². The standard InChI is InChI=1S/H3N23O26S2/c1-2-3-4-5-6-7-8-9-10-11-12-13-14-15-16-17-18-19-20-21-22-23(24-26-28-30-32-34-36-38-40-42-44-46-48-50)25-27-29-31-33-35-37-39-41-43-45-47-49-51/h1,50-51H/b2-1?,4-3+,6-5+,8-7+,10-9+,12-11+,14-13+,16-15+,18-17+,20-19+,22-21+. The average molecular weight is 805 g/mol. The van der Waals surface area contributed by atoms with E-state index in [0.29, 0.717) is 0 Å². The second-order valence-electron chi connectivity index (χ2n) is 3.92. The zero-order valence-corrected chi connectivity index (χ0v) is 23.6. The van der Waals surface area contributed by atoms with Crippen LogP contribution in [-0.4, -0.2) is 5.34 Å². The maximum atomic E-state index is 6.25. The minimum atomic E-state index is -0.345. The monoisotopic (exact) mass is 805 g/mol. The van der Waals surface area contributed by atoms with Crippen LogP contribution in [0.3, 0.4) is 0 Å². The Balaban J connectivity index is 4.40. The second kappa shape index (κ2) is 43.1. The number of thiol groups is 2. The molecule has 0 saturated carbocycles. The first-order valence-corrected chi connectivity index (χ1v) is 9.88. The van der Waals surface area contributed by atoms with Gasteiger partial charge in [0.15, 0.2) is 0 Å². The summed E-state index contributed by atoms with van der Waals surface area (Å²) in [7, 11) is 0. The molecule has 0 saturated heterocycles. The van der Waals surface area contributed by atoms with Gasteiger partial charge in [-0.25, -0.2) is 0 Å². The van der Waals surface area contributed by atoms with E-state index < -0.39 is 0 Å². The van der Waals surface area contributed by atoms with Crippen molar-refractivity contribution in [3.63, 3.8) is 0 Å². The maximum Gasteiger partial charge on any atom is 0.0559 e. The molecule has 1 N–H and O–H groups in total. The van der Waals surface area contributed by atoms with Gasteiger partial charge < -0.3 is 0 Å². The SMILES string of the molecule is N=N/N=N/N=N/N=N/N=N/N=N/N=N/N=N/N=N/N=N/N=N/N(OOOOOOOOOOOOOS)OOOOOOOOOOOOOS. The van der Waals surface area contributed by atoms with Crippen LogP contribution in [0.25, 0.3) is 0 Å². The molecular formula is H3N23O26S2. The van der Waals surface area contributed by atoms with E-state index in [9.17, 15) is 0 Å². The van der Waals surface area contributed by atoms with Gasteiger partial charge in [0, 0.05) is 93.7 Å². The maximum absolute atomic E-state index is 6.25. The van der Waals surface area contributed by atoms with Gasteiger partial charge in [0.1, 0.15) is 0 Å². The van der Waals surface area contributed by atoms with Crippen LogP contribution < -0.4 is 0 Å². The number of rotatable bonds is 37. The van der Waals surface area contributed by atoms with Crippen LogP contribution >= 0.6 is 25.8 Å². The van der Waals surface area contributed by atoms with E-state index in [2.05, 4.69) is 265 Å². The fraction of sp³-hybridized carbons (Fsp3) is 0. The molecule has 0 fully saturated rings. The smallest absolute Gasteiger partial charge is 0.0559 e.